The molecule has 0 aliphatic carbocycles. The molecule has 0 amide bonds. The third-order valence-corrected chi connectivity index (χ3v) is 3.13. The van der Waals surface area contributed by atoms with Gasteiger partial charge in [0, 0.05) is 5.25 Å². The van der Waals surface area contributed by atoms with Crippen LogP contribution in [0.3, 0.4) is 0 Å². The molecule has 0 bridgehead atoms. The molecule has 0 nitrogen and oxygen atoms in total. The molecule has 0 spiro atoms. The number of rotatable bonds is 2. The molecule has 1 atom stereocenters. The molecule has 1 unspecified atom stereocenters. The van der Waals surface area contributed by atoms with E-state index in [1.807, 2.05) is 6.08 Å². The first-order valence-corrected chi connectivity index (χ1v) is 4.71. The first kappa shape index (κ1) is 7.20. The molecule has 1 heterocycles. The fourth-order valence-electron chi connectivity index (χ4n) is 1.18. The van der Waals surface area contributed by atoms with Crippen molar-refractivity contribution in [3.63, 3.8) is 0 Å². The van der Waals surface area contributed by atoms with E-state index in [0.29, 0.717) is 0 Å². The Morgan fingerprint density at radius 3 is 3.00 bits per heavy atom. The summed E-state index contributed by atoms with van der Waals surface area (Å²) in [4.78, 5) is 0. The largest absolute Gasteiger partial charge is 0.158 e. The van der Waals surface area contributed by atoms with Gasteiger partial charge in [0.1, 0.15) is 0 Å². The predicted octanol–water partition coefficient (Wildman–Crippen LogP) is 2.85. The molecule has 0 aromatic carbocycles. The Kier molecular flexibility index (Phi) is 3.20. The molecule has 1 aliphatic rings. The van der Waals surface area contributed by atoms with E-state index in [1.54, 1.807) is 0 Å². The Bertz CT molecular complexity index is 82.6. The molecule has 1 heteroatoms. The van der Waals surface area contributed by atoms with Gasteiger partial charge in [-0.25, -0.2) is 0 Å². The summed E-state index contributed by atoms with van der Waals surface area (Å²) in [5.74, 6) is 1.37. The highest BCUT2D eigenvalue weighted by Gasteiger charge is 2.10. The highest BCUT2D eigenvalue weighted by molar-refractivity contribution is 7.99. The molecule has 52 valence electrons. The predicted molar refractivity (Wildman–Crippen MR) is 44.9 cm³/mol. The average Bonchev–Trinajstić information content (AvgIpc) is 1.91. The summed E-state index contributed by atoms with van der Waals surface area (Å²) in [6.07, 6.45) is 7.54. The van der Waals surface area contributed by atoms with Gasteiger partial charge >= 0.3 is 0 Å². The molecular weight excluding hydrogens is 128 g/mol. The van der Waals surface area contributed by atoms with Crippen molar-refractivity contribution >= 4 is 11.8 Å². The second-order valence-corrected chi connectivity index (χ2v) is 3.92. The molecule has 0 N–H and O–H groups in total. The summed E-state index contributed by atoms with van der Waals surface area (Å²) >= 11 is 2.12. The number of thioether (sulfide) groups is 1. The number of hydrogen-bond donors (Lipinski definition) is 0. The van der Waals surface area contributed by atoms with Crippen molar-refractivity contribution in [2.75, 3.05) is 5.75 Å². The zero-order valence-electron chi connectivity index (χ0n) is 5.81. The Labute approximate surface area is 61.7 Å². The lowest BCUT2D eigenvalue weighted by Crippen LogP contribution is -2.07. The topological polar surface area (TPSA) is 0 Å². The van der Waals surface area contributed by atoms with E-state index in [1.165, 1.54) is 31.4 Å². The molecule has 1 aliphatic heterocycles. The van der Waals surface area contributed by atoms with E-state index in [2.05, 4.69) is 18.3 Å². The van der Waals surface area contributed by atoms with Gasteiger partial charge in [0.05, 0.1) is 0 Å². The maximum atomic E-state index is 3.74. The van der Waals surface area contributed by atoms with Crippen molar-refractivity contribution in [3.8, 4) is 0 Å². The minimum Gasteiger partial charge on any atom is -0.158 e. The smallest absolute Gasteiger partial charge is 0.00814 e. The maximum absolute atomic E-state index is 3.74. The van der Waals surface area contributed by atoms with Crippen LogP contribution < -0.4 is 0 Å². The molecule has 1 fully saturated rings. The lowest BCUT2D eigenvalue weighted by atomic mass is 10.1. The van der Waals surface area contributed by atoms with Gasteiger partial charge in [-0.3, -0.25) is 0 Å². The lowest BCUT2D eigenvalue weighted by Gasteiger charge is -2.18. The van der Waals surface area contributed by atoms with Crippen LogP contribution in [0.15, 0.2) is 12.7 Å². The van der Waals surface area contributed by atoms with Crippen molar-refractivity contribution in [2.45, 2.75) is 30.9 Å². The first-order valence-electron chi connectivity index (χ1n) is 3.66. The van der Waals surface area contributed by atoms with E-state index in [9.17, 15) is 0 Å². The van der Waals surface area contributed by atoms with E-state index in [4.69, 9.17) is 0 Å². The van der Waals surface area contributed by atoms with Crippen LogP contribution in [0.25, 0.3) is 0 Å². The second-order valence-electron chi connectivity index (χ2n) is 2.51. The van der Waals surface area contributed by atoms with E-state index >= 15 is 0 Å². The normalized spacial score (nSPS) is 27.8. The summed E-state index contributed by atoms with van der Waals surface area (Å²) in [5.41, 5.74) is 0. The van der Waals surface area contributed by atoms with Gasteiger partial charge in [-0.1, -0.05) is 12.5 Å². The summed E-state index contributed by atoms with van der Waals surface area (Å²) < 4.78 is 0. The highest BCUT2D eigenvalue weighted by Crippen LogP contribution is 2.27. The van der Waals surface area contributed by atoms with Gasteiger partial charge in [-0.2, -0.15) is 11.8 Å². The molecule has 0 aromatic rings. The van der Waals surface area contributed by atoms with Gasteiger partial charge in [0.2, 0.25) is 0 Å². The molecule has 1 rings (SSSR count). The van der Waals surface area contributed by atoms with E-state index in [-0.39, 0.29) is 0 Å². The minimum absolute atomic E-state index is 0.899. The fraction of sp³-hybridized carbons (Fsp3) is 0.750. The molecule has 1 saturated heterocycles. The van der Waals surface area contributed by atoms with Gasteiger partial charge in [0.15, 0.2) is 0 Å². The Morgan fingerprint density at radius 1 is 1.56 bits per heavy atom. The maximum Gasteiger partial charge on any atom is 0.00814 e. The summed E-state index contributed by atoms with van der Waals surface area (Å²) in [6, 6.07) is 0. The fourth-order valence-corrected chi connectivity index (χ4v) is 2.49. The van der Waals surface area contributed by atoms with E-state index in [0.717, 1.165) is 5.25 Å². The van der Waals surface area contributed by atoms with Crippen molar-refractivity contribution < 1.29 is 0 Å². The second kappa shape index (κ2) is 3.99. The summed E-state index contributed by atoms with van der Waals surface area (Å²) in [7, 11) is 0. The van der Waals surface area contributed by atoms with Crippen LogP contribution in [-0.2, 0) is 0 Å². The Balaban J connectivity index is 2.15. The van der Waals surface area contributed by atoms with Crippen LogP contribution in [0.4, 0.5) is 0 Å². The van der Waals surface area contributed by atoms with Crippen molar-refractivity contribution in [1.82, 2.24) is 0 Å². The summed E-state index contributed by atoms with van der Waals surface area (Å²) in [6.45, 7) is 3.74. The van der Waals surface area contributed by atoms with Crippen molar-refractivity contribution in [2.24, 2.45) is 0 Å². The molecular formula is C8H14S. The van der Waals surface area contributed by atoms with Gasteiger partial charge in [0.25, 0.3) is 0 Å². The van der Waals surface area contributed by atoms with Crippen LogP contribution in [0.5, 0.6) is 0 Å². The van der Waals surface area contributed by atoms with Crippen LogP contribution in [0.1, 0.15) is 25.7 Å². The number of hydrogen-bond acceptors (Lipinski definition) is 1. The Hall–Kier alpha value is 0.0900. The number of allylic oxidation sites excluding steroid dienone is 1. The minimum atomic E-state index is 0.899. The molecule has 0 aromatic heterocycles. The third kappa shape index (κ3) is 2.44. The molecule has 0 saturated carbocycles. The van der Waals surface area contributed by atoms with Gasteiger partial charge < -0.3 is 0 Å². The van der Waals surface area contributed by atoms with Crippen LogP contribution in [0, 0.1) is 0 Å². The SMILES string of the molecule is C=CCC1CCCCS1. The zero-order valence-corrected chi connectivity index (χ0v) is 6.62. The summed E-state index contributed by atoms with van der Waals surface area (Å²) in [5, 5.41) is 0.899. The van der Waals surface area contributed by atoms with Gasteiger partial charge in [-0.15, -0.1) is 6.58 Å². The quantitative estimate of drug-likeness (QED) is 0.534. The third-order valence-electron chi connectivity index (χ3n) is 1.70. The lowest BCUT2D eigenvalue weighted by molar-refractivity contribution is 0.668. The van der Waals surface area contributed by atoms with Crippen molar-refractivity contribution in [3.05, 3.63) is 12.7 Å². The first-order chi connectivity index (χ1) is 4.43. The van der Waals surface area contributed by atoms with Crippen LogP contribution in [-0.4, -0.2) is 11.0 Å². The molecule has 0 radical (unpaired) electrons. The van der Waals surface area contributed by atoms with E-state index < -0.39 is 0 Å². The monoisotopic (exact) mass is 142 g/mol. The van der Waals surface area contributed by atoms with Crippen LogP contribution in [0.2, 0.25) is 0 Å². The van der Waals surface area contributed by atoms with Crippen LogP contribution >= 0.6 is 11.8 Å². The van der Waals surface area contributed by atoms with Crippen molar-refractivity contribution in [1.29, 1.82) is 0 Å². The molecule has 9 heavy (non-hydrogen) atoms. The van der Waals surface area contributed by atoms with Gasteiger partial charge in [-0.05, 0) is 25.0 Å². The Morgan fingerprint density at radius 2 is 2.44 bits per heavy atom. The standard InChI is InChI=1S/C8H14S/c1-2-5-8-6-3-4-7-9-8/h2,8H,1,3-7H2. The zero-order chi connectivity index (χ0) is 6.53. The highest BCUT2D eigenvalue weighted by atomic mass is 32.2. The average molecular weight is 142 g/mol.